The average Bonchev–Trinajstić information content (AvgIpc) is 1.61. The third-order valence-electron chi connectivity index (χ3n) is 20.6. The monoisotopic (exact) mass is 1830 g/mol. The van der Waals surface area contributed by atoms with Crippen LogP contribution in [0.2, 0.25) is 0 Å². The van der Waals surface area contributed by atoms with E-state index in [1.165, 1.54) is 140 Å². The number of nitrogens with zero attached hydrogens (tertiary/aromatic N) is 8. The molecule has 0 unspecified atom stereocenters. The van der Waals surface area contributed by atoms with E-state index in [1.54, 1.807) is 155 Å². The molecule has 14 rings (SSSR count). The number of aryl methyl sites for hydroxylation is 2. The lowest BCUT2D eigenvalue weighted by Crippen LogP contribution is -2.42. The van der Waals surface area contributed by atoms with E-state index in [4.69, 9.17) is 24.3 Å². The van der Waals surface area contributed by atoms with Gasteiger partial charge in [-0.05, 0) is 206 Å². The zero-order valence-corrected chi connectivity index (χ0v) is 76.0. The number of H-pyrrole nitrogens is 1. The molecule has 0 atom stereocenters. The Morgan fingerprint density at radius 3 is 1.12 bits per heavy atom. The predicted octanol–water partition coefficient (Wildman–Crippen LogP) is 16.9. The standard InChI is InChI=1S/C32H32FN3O5S2.C25H26FN3O3S.C21H16BrFN2O3S.C11H18BNO4S/c1-21-13-15-24(16-14-21)43(39,40)36-20-28(26-11-8-12-29(33)30(26)41-6)27-18-23(19-34-31(27)36)22-9-7-10-25(17-22)42(37,38)35(5)32(2,3)4;1-25(2,3)29(4)33(30,31)18-9-6-8-16(12-18)17-13-20-21(15-28-24(20)27-14-17)19-10-7-11-22(26)23(19)32-5;1-13-6-8-15(9-7-13)29(26,27)25-12-18(17-10-14(22)11-24-21(17)25)16-4-3-5-19(23)20(16)28-2;1-11(2,3)13(4)18(16,17)10-7-5-6-9(8-10)12(14)15/h7-20H,1-6H3;6-15H,1-5H3,(H,27,28);3-12H,1-2H3;5-8,14-15H,1-4H3. The molecule has 24 nitrogen and oxygen atoms in total. The number of pyridine rings is 3. The SMILES string of the molecule is CN(C(C)(C)C)S(=O)(=O)c1cccc(B(O)O)c1.COc1c(F)cccc1-c1c[nH]c2ncc(-c3cccc(S(=O)(=O)N(C)C(C)(C)C)c3)cc12.COc1c(F)cccc1-c1cn(S(=O)(=O)c2ccc(C)cc2)c2ncc(-c3cccc(S(=O)(=O)N(C)C(C)(C)C)c3)cc12.COc1c(F)cccc1-c1cn(S(=O)(=O)c2ccc(C)cc2)c2ncc(Br)cc12. The Balaban J connectivity index is 0.000000166. The maximum atomic E-state index is 14.8. The molecule has 0 aliphatic heterocycles. The molecule has 0 aliphatic carbocycles. The highest BCUT2D eigenvalue weighted by molar-refractivity contribution is 9.10. The van der Waals surface area contributed by atoms with E-state index >= 15 is 0 Å². The highest BCUT2D eigenvalue weighted by Gasteiger charge is 2.35. The van der Waals surface area contributed by atoms with Crippen LogP contribution in [0.15, 0.2) is 260 Å². The van der Waals surface area contributed by atoms with Gasteiger partial charge in [-0.1, -0.05) is 108 Å². The molecule has 14 aromatic rings. The number of halogens is 4. The van der Waals surface area contributed by atoms with Crippen molar-refractivity contribution in [1.29, 1.82) is 0 Å². The van der Waals surface area contributed by atoms with Gasteiger partial charge in [-0.2, -0.15) is 12.9 Å². The summed E-state index contributed by atoms with van der Waals surface area (Å²) in [6, 6.07) is 51.1. The summed E-state index contributed by atoms with van der Waals surface area (Å²) in [6.07, 6.45) is 9.33. The van der Waals surface area contributed by atoms with Crippen LogP contribution < -0.4 is 19.7 Å². The van der Waals surface area contributed by atoms with Crippen molar-refractivity contribution >= 4 is 112 Å². The summed E-state index contributed by atoms with van der Waals surface area (Å²) in [5.41, 5.74) is 6.84. The topological polar surface area (TPSA) is 313 Å². The van der Waals surface area contributed by atoms with E-state index in [2.05, 4.69) is 35.9 Å². The lowest BCUT2D eigenvalue weighted by molar-refractivity contribution is 0.291. The Bertz CT molecular complexity index is 6940. The first-order chi connectivity index (χ1) is 57.6. The Labute approximate surface area is 723 Å². The predicted molar refractivity (Wildman–Crippen MR) is 478 cm³/mol. The Morgan fingerprint density at radius 1 is 0.398 bits per heavy atom. The van der Waals surface area contributed by atoms with Gasteiger partial charge in [-0.25, -0.2) is 78.2 Å². The van der Waals surface area contributed by atoms with E-state index in [0.717, 1.165) is 35.6 Å². The molecule has 34 heteroatoms. The fraction of sp³-hybridized carbons (Fsp3) is 0.225. The summed E-state index contributed by atoms with van der Waals surface area (Å²) in [4.78, 5) is 17.0. The number of benzene rings is 8. The first kappa shape index (κ1) is 92.8. The number of hydrogen-bond donors (Lipinski definition) is 3. The van der Waals surface area contributed by atoms with Crippen LogP contribution in [0.5, 0.6) is 17.2 Å². The van der Waals surface area contributed by atoms with Crippen molar-refractivity contribution in [3.05, 3.63) is 264 Å². The summed E-state index contributed by atoms with van der Waals surface area (Å²) >= 11 is 3.38. The van der Waals surface area contributed by atoms with Crippen molar-refractivity contribution in [1.82, 2.24) is 40.8 Å². The number of aromatic nitrogens is 6. The number of methoxy groups -OCH3 is 3. The van der Waals surface area contributed by atoms with Crippen molar-refractivity contribution in [3.8, 4) is 72.9 Å². The van der Waals surface area contributed by atoms with Crippen LogP contribution in [-0.4, -0.2) is 159 Å². The number of fused-ring (bicyclic) bond motifs is 3. The number of ether oxygens (including phenoxy) is 3. The normalized spacial score (nSPS) is 12.4. The molecular formula is C89H92BBrF3N9O15S5. The van der Waals surface area contributed by atoms with Crippen molar-refractivity contribution < 1.29 is 79.5 Å². The molecule has 0 saturated carbocycles. The number of nitrogens with one attached hydrogen (secondary N) is 1. The van der Waals surface area contributed by atoms with Crippen molar-refractivity contribution in [3.63, 3.8) is 0 Å². The second-order valence-electron chi connectivity index (χ2n) is 31.6. The smallest absolute Gasteiger partial charge is 0.488 e. The highest BCUT2D eigenvalue weighted by atomic mass is 79.9. The summed E-state index contributed by atoms with van der Waals surface area (Å²) in [5.74, 6) is -1.43. The van der Waals surface area contributed by atoms with Gasteiger partial charge in [0.1, 0.15) is 5.65 Å². The molecule has 6 heterocycles. The Morgan fingerprint density at radius 2 is 0.740 bits per heavy atom. The summed E-state index contributed by atoms with van der Waals surface area (Å²) in [5, 5.41) is 19.9. The molecule has 0 bridgehead atoms. The number of hydrogen-bond acceptors (Lipinski definition) is 18. The molecule has 0 aliphatic rings. The lowest BCUT2D eigenvalue weighted by Gasteiger charge is -2.31. The van der Waals surface area contributed by atoms with Gasteiger partial charge in [-0.15, -0.1) is 0 Å². The van der Waals surface area contributed by atoms with Crippen molar-refractivity contribution in [2.75, 3.05) is 42.5 Å². The minimum Gasteiger partial charge on any atom is -0.493 e. The number of para-hydroxylation sites is 3. The van der Waals surface area contributed by atoms with Gasteiger partial charge in [0.2, 0.25) is 30.1 Å². The number of sulfonamides is 3. The molecular weight excluding hydrogens is 1740 g/mol. The molecule has 8 aromatic carbocycles. The van der Waals surface area contributed by atoms with E-state index < -0.39 is 91.3 Å². The Kier molecular flexibility index (Phi) is 27.3. The molecule has 0 amide bonds. The van der Waals surface area contributed by atoms with Gasteiger partial charge in [0, 0.05) is 140 Å². The highest BCUT2D eigenvalue weighted by Crippen LogP contribution is 2.44. The lowest BCUT2D eigenvalue weighted by atomic mass is 9.80. The van der Waals surface area contributed by atoms with Gasteiger partial charge in [0.05, 0.1) is 45.8 Å². The molecule has 123 heavy (non-hydrogen) atoms. The van der Waals surface area contributed by atoms with Gasteiger partial charge in [-0.3, -0.25) is 0 Å². The summed E-state index contributed by atoms with van der Waals surface area (Å²) in [6.45, 7) is 20.1. The molecule has 0 saturated heterocycles. The van der Waals surface area contributed by atoms with Crippen LogP contribution in [0.4, 0.5) is 13.2 Å². The van der Waals surface area contributed by atoms with Crippen LogP contribution in [0, 0.1) is 31.3 Å². The first-order valence-electron chi connectivity index (χ1n) is 38.0. The number of aromatic amines is 1. The largest absolute Gasteiger partial charge is 0.493 e. The third-order valence-corrected chi connectivity index (χ3v) is 30.7. The second-order valence-corrected chi connectivity index (χ2v) is 42.1. The first-order valence-corrected chi connectivity index (χ1v) is 46.0. The maximum Gasteiger partial charge on any atom is 0.488 e. The van der Waals surface area contributed by atoms with E-state index in [0.29, 0.717) is 65.4 Å². The van der Waals surface area contributed by atoms with Gasteiger partial charge < -0.3 is 29.2 Å². The molecule has 644 valence electrons. The Hall–Kier alpha value is -10.9. The van der Waals surface area contributed by atoms with Crippen LogP contribution in [0.1, 0.15) is 73.4 Å². The minimum atomic E-state index is -4.09. The molecule has 3 N–H and O–H groups in total. The van der Waals surface area contributed by atoms with Crippen LogP contribution in [0.25, 0.3) is 88.7 Å². The quantitative estimate of drug-likeness (QED) is 0.0633. The van der Waals surface area contributed by atoms with Gasteiger partial charge >= 0.3 is 7.12 Å². The maximum absolute atomic E-state index is 14.8. The van der Waals surface area contributed by atoms with E-state index in [9.17, 15) is 55.3 Å². The zero-order valence-electron chi connectivity index (χ0n) is 70.3. The molecule has 0 spiro atoms. The van der Waals surface area contributed by atoms with E-state index in [-0.39, 0.29) is 58.5 Å². The fourth-order valence-corrected chi connectivity index (χ4v) is 20.6. The third kappa shape index (κ3) is 19.4. The average molecular weight is 1840 g/mol. The summed E-state index contributed by atoms with van der Waals surface area (Å²) < 4.78 is 198. The van der Waals surface area contributed by atoms with Crippen molar-refractivity contribution in [2.24, 2.45) is 0 Å². The second kappa shape index (κ2) is 36.1. The molecule has 0 radical (unpaired) electrons. The van der Waals surface area contributed by atoms with Gasteiger partial charge in [0.25, 0.3) is 20.0 Å². The van der Waals surface area contributed by atoms with Crippen LogP contribution in [0.3, 0.4) is 0 Å². The van der Waals surface area contributed by atoms with Crippen molar-refractivity contribution in [2.45, 2.75) is 117 Å². The summed E-state index contributed by atoms with van der Waals surface area (Å²) in [7, 11) is -12.1. The fourth-order valence-electron chi connectivity index (χ4n) is 13.0. The van der Waals surface area contributed by atoms with E-state index in [1.807, 2.05) is 67.5 Å². The molecule has 0 fully saturated rings. The zero-order chi connectivity index (χ0) is 90.2. The van der Waals surface area contributed by atoms with Gasteiger partial charge in [0.15, 0.2) is 46.0 Å². The number of rotatable bonds is 19. The molecule has 6 aromatic heterocycles. The minimum absolute atomic E-state index is 0.0410. The van der Waals surface area contributed by atoms with Crippen LogP contribution in [-0.2, 0) is 50.1 Å². The van der Waals surface area contributed by atoms with Crippen LogP contribution >= 0.6 is 15.9 Å².